The lowest BCUT2D eigenvalue weighted by atomic mass is 10.2. The van der Waals surface area contributed by atoms with E-state index in [4.69, 9.17) is 25.3 Å². The number of hydrazone groups is 1. The maximum absolute atomic E-state index is 12.7. The molecule has 39 heavy (non-hydrogen) atoms. The van der Waals surface area contributed by atoms with Gasteiger partial charge in [-0.1, -0.05) is 59.6 Å². The number of nitrogens with one attached hydrogen (secondary N) is 1. The Morgan fingerprint density at radius 1 is 0.923 bits per heavy atom. The van der Waals surface area contributed by atoms with E-state index in [9.17, 15) is 13.2 Å². The van der Waals surface area contributed by atoms with E-state index in [0.717, 1.165) is 11.1 Å². The van der Waals surface area contributed by atoms with E-state index >= 15 is 0 Å². The molecule has 1 N–H and O–H groups in total. The lowest BCUT2D eigenvalue weighted by Crippen LogP contribution is -2.18. The van der Waals surface area contributed by atoms with Gasteiger partial charge in [0.2, 0.25) is 0 Å². The average Bonchev–Trinajstić information content (AvgIpc) is 2.94. The van der Waals surface area contributed by atoms with Crippen LogP contribution in [-0.4, -0.2) is 27.6 Å². The molecule has 0 bridgehead atoms. The zero-order valence-electron chi connectivity index (χ0n) is 21.1. The van der Waals surface area contributed by atoms with Gasteiger partial charge < -0.3 is 13.7 Å². The number of amides is 1. The van der Waals surface area contributed by atoms with Crippen LogP contribution < -0.4 is 19.1 Å². The number of hydrogen-bond acceptors (Lipinski definition) is 7. The number of methoxy groups -OCH3 is 1. The number of carbonyl (C=O) groups is 1. The second-order valence-corrected chi connectivity index (χ2v) is 10.4. The van der Waals surface area contributed by atoms with Gasteiger partial charge in [0.05, 0.1) is 13.3 Å². The summed E-state index contributed by atoms with van der Waals surface area (Å²) in [7, 11) is -2.62. The lowest BCUT2D eigenvalue weighted by molar-refractivity contribution is 0.0954. The van der Waals surface area contributed by atoms with Crippen molar-refractivity contribution in [3.05, 3.63) is 118 Å². The molecule has 1 amide bonds. The van der Waals surface area contributed by atoms with Crippen molar-refractivity contribution in [2.75, 3.05) is 7.11 Å². The van der Waals surface area contributed by atoms with E-state index in [1.165, 1.54) is 49.7 Å². The summed E-state index contributed by atoms with van der Waals surface area (Å²) in [5, 5.41) is 4.29. The van der Waals surface area contributed by atoms with Crippen molar-refractivity contribution in [3.8, 4) is 17.2 Å². The Kier molecular flexibility index (Phi) is 8.85. The number of rotatable bonds is 10. The predicted molar refractivity (Wildman–Crippen MR) is 149 cm³/mol. The highest BCUT2D eigenvalue weighted by Gasteiger charge is 2.18. The standard InChI is InChI=1S/C29H25ClN2O6S/c1-20-8-12-25(13-9-20)39(34,35)38-26-15-11-24(30)16-23(26)18-31-32-29(33)22-10-14-27(28(17-22)36-2)37-19-21-6-4-3-5-7-21/h3-18H,19H2,1-2H3,(H,32,33)/b31-18+. The maximum Gasteiger partial charge on any atom is 0.339 e. The summed E-state index contributed by atoms with van der Waals surface area (Å²) >= 11 is 6.09. The Morgan fingerprint density at radius 3 is 2.36 bits per heavy atom. The molecule has 0 aliphatic carbocycles. The molecule has 0 aliphatic rings. The number of halogens is 1. The summed E-state index contributed by atoms with van der Waals surface area (Å²) in [6, 6.07) is 25.1. The number of nitrogens with zero attached hydrogens (tertiary/aromatic N) is 1. The Balaban J connectivity index is 1.45. The molecule has 4 rings (SSSR count). The van der Waals surface area contributed by atoms with Gasteiger partial charge in [0.25, 0.3) is 5.91 Å². The van der Waals surface area contributed by atoms with Crippen LogP contribution in [0, 0.1) is 6.92 Å². The number of hydrogen-bond donors (Lipinski definition) is 1. The van der Waals surface area contributed by atoms with Gasteiger partial charge in [-0.2, -0.15) is 13.5 Å². The van der Waals surface area contributed by atoms with Crippen molar-refractivity contribution in [2.45, 2.75) is 18.4 Å². The average molecular weight is 565 g/mol. The highest BCUT2D eigenvalue weighted by atomic mass is 35.5. The van der Waals surface area contributed by atoms with Crippen molar-refractivity contribution >= 4 is 33.8 Å². The van der Waals surface area contributed by atoms with E-state index in [1.54, 1.807) is 24.3 Å². The fourth-order valence-corrected chi connectivity index (χ4v) is 4.59. The molecule has 10 heteroatoms. The van der Waals surface area contributed by atoms with Crippen LogP contribution in [0.4, 0.5) is 0 Å². The van der Waals surface area contributed by atoms with Crippen molar-refractivity contribution in [3.63, 3.8) is 0 Å². The van der Waals surface area contributed by atoms with Crippen LogP contribution in [0.3, 0.4) is 0 Å². The summed E-state index contributed by atoms with van der Waals surface area (Å²) in [5.74, 6) is 0.349. The highest BCUT2D eigenvalue weighted by molar-refractivity contribution is 7.87. The van der Waals surface area contributed by atoms with E-state index in [0.29, 0.717) is 23.1 Å². The van der Waals surface area contributed by atoms with Gasteiger partial charge in [0.15, 0.2) is 17.2 Å². The third-order valence-corrected chi connectivity index (χ3v) is 7.00. The van der Waals surface area contributed by atoms with E-state index < -0.39 is 16.0 Å². The van der Waals surface area contributed by atoms with Crippen LogP contribution in [0.2, 0.25) is 5.02 Å². The molecule has 0 aliphatic heterocycles. The molecule has 0 heterocycles. The second kappa shape index (κ2) is 12.5. The van der Waals surface area contributed by atoms with Gasteiger partial charge in [0, 0.05) is 16.1 Å². The van der Waals surface area contributed by atoms with E-state index in [-0.39, 0.29) is 21.8 Å². The van der Waals surface area contributed by atoms with Gasteiger partial charge in [-0.3, -0.25) is 4.79 Å². The molecule has 200 valence electrons. The maximum atomic E-state index is 12.7. The number of aryl methyl sites for hydroxylation is 1. The fraction of sp³-hybridized carbons (Fsp3) is 0.103. The SMILES string of the molecule is COc1cc(C(=O)N/N=C/c2cc(Cl)ccc2OS(=O)(=O)c2ccc(C)cc2)ccc1OCc1ccccc1. The minimum atomic E-state index is -4.10. The van der Waals surface area contributed by atoms with Gasteiger partial charge in [-0.15, -0.1) is 0 Å². The molecule has 0 saturated heterocycles. The van der Waals surface area contributed by atoms with E-state index in [1.807, 2.05) is 37.3 Å². The van der Waals surface area contributed by atoms with Crippen LogP contribution in [0.1, 0.15) is 27.0 Å². The molecule has 0 aromatic heterocycles. The van der Waals surface area contributed by atoms with Crippen LogP contribution in [0.15, 0.2) is 101 Å². The molecule has 0 fully saturated rings. The lowest BCUT2D eigenvalue weighted by Gasteiger charge is -2.12. The first-order chi connectivity index (χ1) is 18.7. The summed E-state index contributed by atoms with van der Waals surface area (Å²) in [6.45, 7) is 2.19. The molecular weight excluding hydrogens is 540 g/mol. The minimum absolute atomic E-state index is 0.000407. The molecule has 0 radical (unpaired) electrons. The molecule has 4 aromatic rings. The van der Waals surface area contributed by atoms with Crippen molar-refractivity contribution in [1.82, 2.24) is 5.43 Å². The highest BCUT2D eigenvalue weighted by Crippen LogP contribution is 2.29. The van der Waals surface area contributed by atoms with Crippen molar-refractivity contribution in [1.29, 1.82) is 0 Å². The Labute approximate surface area is 231 Å². The van der Waals surface area contributed by atoms with E-state index in [2.05, 4.69) is 10.5 Å². The smallest absolute Gasteiger partial charge is 0.339 e. The zero-order valence-corrected chi connectivity index (χ0v) is 22.7. The topological polar surface area (TPSA) is 103 Å². The largest absolute Gasteiger partial charge is 0.493 e. The van der Waals surface area contributed by atoms with Gasteiger partial charge in [-0.25, -0.2) is 5.43 Å². The van der Waals surface area contributed by atoms with Crippen molar-refractivity contribution < 1.29 is 26.9 Å². The van der Waals surface area contributed by atoms with Gasteiger partial charge in [0.1, 0.15) is 11.5 Å². The predicted octanol–water partition coefficient (Wildman–Crippen LogP) is 5.77. The summed E-state index contributed by atoms with van der Waals surface area (Å²) in [4.78, 5) is 12.7. The zero-order chi connectivity index (χ0) is 27.8. The fourth-order valence-electron chi connectivity index (χ4n) is 3.46. The Morgan fingerprint density at radius 2 is 1.64 bits per heavy atom. The Hall–Kier alpha value is -4.34. The Bertz CT molecular complexity index is 1590. The van der Waals surface area contributed by atoms with Crippen LogP contribution in [0.25, 0.3) is 0 Å². The third-order valence-electron chi connectivity index (χ3n) is 5.51. The van der Waals surface area contributed by atoms with Crippen LogP contribution in [-0.2, 0) is 16.7 Å². The van der Waals surface area contributed by atoms with Crippen LogP contribution >= 0.6 is 11.6 Å². The summed E-state index contributed by atoms with van der Waals surface area (Å²) < 4.78 is 42.0. The molecule has 4 aromatic carbocycles. The molecule has 8 nitrogen and oxygen atoms in total. The number of ether oxygens (including phenoxy) is 2. The minimum Gasteiger partial charge on any atom is -0.493 e. The van der Waals surface area contributed by atoms with Gasteiger partial charge >= 0.3 is 10.1 Å². The first-order valence-electron chi connectivity index (χ1n) is 11.7. The first-order valence-corrected chi connectivity index (χ1v) is 13.5. The summed E-state index contributed by atoms with van der Waals surface area (Å²) in [5.41, 5.74) is 4.84. The second-order valence-electron chi connectivity index (χ2n) is 8.37. The number of carbonyl (C=O) groups excluding carboxylic acids is 1. The van der Waals surface area contributed by atoms with Crippen LogP contribution in [0.5, 0.6) is 17.2 Å². The molecule has 0 atom stereocenters. The summed E-state index contributed by atoms with van der Waals surface area (Å²) in [6.07, 6.45) is 1.25. The molecule has 0 saturated carbocycles. The number of benzene rings is 4. The molecule has 0 spiro atoms. The van der Waals surface area contributed by atoms with Crippen molar-refractivity contribution in [2.24, 2.45) is 5.10 Å². The monoisotopic (exact) mass is 564 g/mol. The molecule has 0 unspecified atom stereocenters. The normalized spacial score (nSPS) is 11.3. The first kappa shape index (κ1) is 27.7. The third kappa shape index (κ3) is 7.37. The quantitative estimate of drug-likeness (QED) is 0.149. The molecular formula is C29H25ClN2O6S. The van der Waals surface area contributed by atoms with Gasteiger partial charge in [-0.05, 0) is 61.0 Å².